The summed E-state index contributed by atoms with van der Waals surface area (Å²) in [7, 11) is 3.50. The molecular formula is C36H38N2O4. The van der Waals surface area contributed by atoms with Crippen molar-refractivity contribution < 1.29 is 19.4 Å². The van der Waals surface area contributed by atoms with E-state index >= 15 is 0 Å². The topological polar surface area (TPSA) is 62.2 Å². The van der Waals surface area contributed by atoms with Crippen molar-refractivity contribution in [2.45, 2.75) is 68.2 Å². The molecule has 2 fully saturated rings. The molecule has 1 amide bonds. The van der Waals surface area contributed by atoms with Gasteiger partial charge in [-0.15, -0.1) is 0 Å². The Morgan fingerprint density at radius 3 is 2.76 bits per heavy atom. The molecule has 216 valence electrons. The number of amides is 1. The number of aryl methyl sites for hydroxylation is 1. The van der Waals surface area contributed by atoms with E-state index in [1.165, 1.54) is 11.1 Å². The molecular weight excluding hydrogens is 524 g/mol. The van der Waals surface area contributed by atoms with Crippen molar-refractivity contribution in [3.05, 3.63) is 94.5 Å². The number of hydrogen-bond acceptors (Lipinski definition) is 5. The Bertz CT molecular complexity index is 1590. The summed E-state index contributed by atoms with van der Waals surface area (Å²) < 4.78 is 12.6. The summed E-state index contributed by atoms with van der Waals surface area (Å²) in [6, 6.07) is 22.4. The van der Waals surface area contributed by atoms with Gasteiger partial charge in [0.25, 0.3) is 5.91 Å². The summed E-state index contributed by atoms with van der Waals surface area (Å²) >= 11 is 0. The Kier molecular flexibility index (Phi) is 6.56. The molecule has 7 rings (SSSR count). The number of rotatable bonds is 5. The smallest absolute Gasteiger partial charge is 0.298 e. The first kappa shape index (κ1) is 27.1. The van der Waals surface area contributed by atoms with E-state index in [4.69, 9.17) is 9.47 Å². The van der Waals surface area contributed by atoms with Gasteiger partial charge < -0.3 is 19.5 Å². The fourth-order valence-electron chi connectivity index (χ4n) is 8.42. The summed E-state index contributed by atoms with van der Waals surface area (Å²) in [5, 5.41) is 12.9. The lowest BCUT2D eigenvalue weighted by Crippen LogP contribution is -2.78. The Labute approximate surface area is 248 Å². The molecule has 0 unspecified atom stereocenters. The van der Waals surface area contributed by atoms with Crippen LogP contribution in [0.1, 0.15) is 47.1 Å². The first-order valence-corrected chi connectivity index (χ1v) is 15.1. The lowest BCUT2D eigenvalue weighted by atomic mass is 9.48. The number of methoxy groups -OCH3 is 1. The second-order valence-electron chi connectivity index (χ2n) is 12.4. The van der Waals surface area contributed by atoms with Crippen LogP contribution in [0.3, 0.4) is 0 Å². The first-order valence-electron chi connectivity index (χ1n) is 15.1. The minimum Gasteiger partial charge on any atom is -0.493 e. The summed E-state index contributed by atoms with van der Waals surface area (Å²) in [5.74, 6) is 7.13. The number of likely N-dealkylation sites (N-methyl/N-ethyl adjacent to an activating group) is 1. The first-order chi connectivity index (χ1) is 20.4. The predicted molar refractivity (Wildman–Crippen MR) is 162 cm³/mol. The molecule has 2 aliphatic heterocycles. The second-order valence-corrected chi connectivity index (χ2v) is 12.4. The molecule has 3 aromatic carbocycles. The van der Waals surface area contributed by atoms with Gasteiger partial charge in [-0.1, -0.05) is 54.5 Å². The molecule has 0 aromatic heterocycles. The van der Waals surface area contributed by atoms with Crippen LogP contribution in [-0.4, -0.2) is 71.8 Å². The molecule has 0 radical (unpaired) electrons. The molecule has 4 aliphatic rings. The van der Waals surface area contributed by atoms with Crippen molar-refractivity contribution >= 4 is 5.91 Å². The van der Waals surface area contributed by atoms with E-state index in [1.54, 1.807) is 12.0 Å². The van der Waals surface area contributed by atoms with Gasteiger partial charge in [-0.25, -0.2) is 0 Å². The molecule has 2 aliphatic carbocycles. The SMILES string of the molecule is COc1ccc2c3c1O[C@H]1[C@H](N(C)C(=O)C#Cc4cccc(C)c4)CC[C@@]4(O)[C@@H](C2)N(CCc2ccccc2)CC[C@]314. The number of benzene rings is 3. The van der Waals surface area contributed by atoms with E-state index in [0.717, 1.165) is 54.8 Å². The lowest BCUT2D eigenvalue weighted by molar-refractivity contribution is -0.199. The molecule has 1 saturated carbocycles. The monoisotopic (exact) mass is 562 g/mol. The van der Waals surface area contributed by atoms with E-state index in [2.05, 4.69) is 53.1 Å². The fraction of sp³-hybridized carbons (Fsp3) is 0.417. The van der Waals surface area contributed by atoms with E-state index < -0.39 is 11.0 Å². The fourth-order valence-corrected chi connectivity index (χ4v) is 8.42. The Morgan fingerprint density at radius 1 is 1.14 bits per heavy atom. The van der Waals surface area contributed by atoms with Crippen molar-refractivity contribution in [2.24, 2.45) is 0 Å². The maximum atomic E-state index is 13.5. The van der Waals surface area contributed by atoms with Gasteiger partial charge in [0.05, 0.1) is 24.2 Å². The van der Waals surface area contributed by atoms with E-state index in [-0.39, 0.29) is 24.1 Å². The third-order valence-electron chi connectivity index (χ3n) is 10.4. The van der Waals surface area contributed by atoms with Gasteiger partial charge in [-0.2, -0.15) is 0 Å². The highest BCUT2D eigenvalue weighted by Crippen LogP contribution is 2.65. The molecule has 5 atom stereocenters. The van der Waals surface area contributed by atoms with Crippen LogP contribution in [0.2, 0.25) is 0 Å². The van der Waals surface area contributed by atoms with Crippen molar-refractivity contribution in [2.75, 3.05) is 27.2 Å². The standard InChI is InChI=1S/C36H38N2O4/c1-24-8-7-11-26(22-24)12-15-31(39)37(2)28-16-18-36(40)30-23-27-13-14-29(41-3)33-32(27)35(36,34(28)42-33)19-21-38(30)20-17-25-9-5-4-6-10-25/h4-11,13-14,22,28,30,34,40H,16-21,23H2,1-3H3/t28-,30-,34+,35+,36-/m1/s1. The molecule has 2 heterocycles. The van der Waals surface area contributed by atoms with E-state index in [0.29, 0.717) is 18.6 Å². The second kappa shape index (κ2) is 10.2. The maximum absolute atomic E-state index is 13.5. The summed E-state index contributed by atoms with van der Waals surface area (Å²) in [5.41, 5.74) is 3.99. The highest BCUT2D eigenvalue weighted by atomic mass is 16.5. The molecule has 1 saturated heterocycles. The largest absolute Gasteiger partial charge is 0.493 e. The van der Waals surface area contributed by atoms with Crippen LogP contribution in [-0.2, 0) is 23.1 Å². The minimum absolute atomic E-state index is 0.0176. The van der Waals surface area contributed by atoms with Gasteiger partial charge in [0.1, 0.15) is 6.10 Å². The third kappa shape index (κ3) is 3.98. The molecule has 6 heteroatoms. The highest BCUT2D eigenvalue weighted by Gasteiger charge is 2.73. The van der Waals surface area contributed by atoms with Crippen molar-refractivity contribution in [1.29, 1.82) is 0 Å². The lowest BCUT2D eigenvalue weighted by Gasteiger charge is -2.64. The van der Waals surface area contributed by atoms with Crippen LogP contribution in [0.15, 0.2) is 66.7 Å². The summed E-state index contributed by atoms with van der Waals surface area (Å²) in [6.07, 6.45) is 3.35. The molecule has 1 N–H and O–H groups in total. The quantitative estimate of drug-likeness (QED) is 0.471. The predicted octanol–water partition coefficient (Wildman–Crippen LogP) is 4.28. The Balaban J connectivity index is 1.24. The normalized spacial score (nSPS) is 28.6. The Hall–Kier alpha value is -3.79. The summed E-state index contributed by atoms with van der Waals surface area (Å²) in [6.45, 7) is 3.78. The van der Waals surface area contributed by atoms with Crippen LogP contribution >= 0.6 is 0 Å². The highest BCUT2D eigenvalue weighted by molar-refractivity contribution is 5.94. The van der Waals surface area contributed by atoms with Crippen LogP contribution in [0.4, 0.5) is 0 Å². The van der Waals surface area contributed by atoms with Gasteiger partial charge in [-0.3, -0.25) is 9.69 Å². The zero-order valence-electron chi connectivity index (χ0n) is 24.6. The van der Waals surface area contributed by atoms with Crippen molar-refractivity contribution in [1.82, 2.24) is 9.80 Å². The van der Waals surface area contributed by atoms with Gasteiger partial charge in [0.15, 0.2) is 11.5 Å². The molecule has 42 heavy (non-hydrogen) atoms. The Morgan fingerprint density at radius 2 is 1.98 bits per heavy atom. The molecule has 3 aromatic rings. The van der Waals surface area contributed by atoms with Gasteiger partial charge in [-0.05, 0) is 80.5 Å². The van der Waals surface area contributed by atoms with Crippen LogP contribution in [0.25, 0.3) is 0 Å². The minimum atomic E-state index is -0.967. The number of nitrogens with zero attached hydrogens (tertiary/aromatic N) is 2. The van der Waals surface area contributed by atoms with Gasteiger partial charge in [0, 0.05) is 36.7 Å². The summed E-state index contributed by atoms with van der Waals surface area (Å²) in [4.78, 5) is 17.7. The maximum Gasteiger partial charge on any atom is 0.298 e. The zero-order chi connectivity index (χ0) is 29.1. The number of hydrogen-bond donors (Lipinski definition) is 1. The van der Waals surface area contributed by atoms with E-state index in [9.17, 15) is 9.90 Å². The number of likely N-dealkylation sites (tertiary alicyclic amines) is 1. The number of ether oxygens (including phenoxy) is 2. The number of aliphatic hydroxyl groups is 1. The molecule has 1 spiro atoms. The third-order valence-corrected chi connectivity index (χ3v) is 10.4. The van der Waals surface area contributed by atoms with Crippen LogP contribution in [0, 0.1) is 18.8 Å². The van der Waals surface area contributed by atoms with Crippen molar-refractivity contribution in [3.8, 4) is 23.3 Å². The number of carbonyl (C=O) groups is 1. The molecule has 2 bridgehead atoms. The number of carbonyl (C=O) groups excluding carboxylic acids is 1. The average molecular weight is 563 g/mol. The zero-order valence-corrected chi connectivity index (χ0v) is 24.6. The van der Waals surface area contributed by atoms with Gasteiger partial charge in [0.2, 0.25) is 0 Å². The average Bonchev–Trinajstić information content (AvgIpc) is 3.35. The van der Waals surface area contributed by atoms with Crippen molar-refractivity contribution in [3.63, 3.8) is 0 Å². The van der Waals surface area contributed by atoms with Crippen LogP contribution < -0.4 is 9.47 Å². The molecule has 6 nitrogen and oxygen atoms in total. The van der Waals surface area contributed by atoms with Crippen LogP contribution in [0.5, 0.6) is 11.5 Å². The number of piperidine rings is 1. The van der Waals surface area contributed by atoms with Gasteiger partial charge >= 0.3 is 0 Å². The van der Waals surface area contributed by atoms with E-state index in [1.807, 2.05) is 44.3 Å².